The lowest BCUT2D eigenvalue weighted by Crippen LogP contribution is -2.34. The van der Waals surface area contributed by atoms with Crippen molar-refractivity contribution >= 4 is 23.1 Å². The first-order chi connectivity index (χ1) is 8.20. The van der Waals surface area contributed by atoms with Crippen LogP contribution in [0.2, 0.25) is 5.02 Å². The van der Waals surface area contributed by atoms with Gasteiger partial charge in [-0.3, -0.25) is 0 Å². The molecule has 2 N–H and O–H groups in total. The molecule has 0 saturated carbocycles. The molecule has 17 heavy (non-hydrogen) atoms. The summed E-state index contributed by atoms with van der Waals surface area (Å²) in [4.78, 5) is 6.61. The third-order valence-corrected chi connectivity index (χ3v) is 3.73. The molecule has 1 aliphatic rings. The Bertz CT molecular complexity index is 373. The Labute approximate surface area is 108 Å². The van der Waals surface area contributed by atoms with E-state index in [0.717, 1.165) is 24.8 Å². The lowest BCUT2D eigenvalue weighted by Gasteiger charge is -2.33. The molecule has 4 heteroatoms. The predicted octanol–water partition coefficient (Wildman–Crippen LogP) is 3.33. The van der Waals surface area contributed by atoms with E-state index in [1.165, 1.54) is 25.7 Å². The van der Waals surface area contributed by atoms with E-state index in [0.29, 0.717) is 10.7 Å². The first-order valence-electron chi connectivity index (χ1n) is 6.36. The molecule has 0 bridgehead atoms. The van der Waals surface area contributed by atoms with E-state index < -0.39 is 0 Å². The second kappa shape index (κ2) is 5.58. The van der Waals surface area contributed by atoms with E-state index in [2.05, 4.69) is 16.8 Å². The van der Waals surface area contributed by atoms with E-state index in [4.69, 9.17) is 17.3 Å². The maximum Gasteiger partial charge on any atom is 0.147 e. The molecule has 1 aromatic heterocycles. The van der Waals surface area contributed by atoms with Crippen molar-refractivity contribution < 1.29 is 0 Å². The van der Waals surface area contributed by atoms with Crippen molar-refractivity contribution in [3.8, 4) is 0 Å². The molecular weight excluding hydrogens is 234 g/mol. The molecule has 3 nitrogen and oxygen atoms in total. The van der Waals surface area contributed by atoms with Gasteiger partial charge in [-0.1, -0.05) is 31.4 Å². The van der Waals surface area contributed by atoms with Crippen molar-refractivity contribution in [1.82, 2.24) is 4.98 Å². The van der Waals surface area contributed by atoms with Gasteiger partial charge in [-0.15, -0.1) is 0 Å². The van der Waals surface area contributed by atoms with Gasteiger partial charge in [0.15, 0.2) is 0 Å². The van der Waals surface area contributed by atoms with Gasteiger partial charge in [0.2, 0.25) is 0 Å². The first kappa shape index (κ1) is 12.5. The van der Waals surface area contributed by atoms with Crippen molar-refractivity contribution in [2.75, 3.05) is 23.7 Å². The summed E-state index contributed by atoms with van der Waals surface area (Å²) in [6, 6.07) is 1.78. The molecule has 0 spiro atoms. The third kappa shape index (κ3) is 3.03. The van der Waals surface area contributed by atoms with Crippen LogP contribution in [-0.2, 0) is 0 Å². The summed E-state index contributed by atoms with van der Waals surface area (Å²) in [6.45, 7) is 4.37. The summed E-state index contributed by atoms with van der Waals surface area (Å²) >= 11 is 6.18. The Balaban J connectivity index is 2.00. The summed E-state index contributed by atoms with van der Waals surface area (Å²) < 4.78 is 0. The van der Waals surface area contributed by atoms with Gasteiger partial charge < -0.3 is 10.6 Å². The van der Waals surface area contributed by atoms with Crippen LogP contribution in [0.4, 0.5) is 11.5 Å². The van der Waals surface area contributed by atoms with Gasteiger partial charge in [-0.25, -0.2) is 4.98 Å². The Hall–Kier alpha value is -0.960. The number of piperidine rings is 1. The quantitative estimate of drug-likeness (QED) is 0.899. The Morgan fingerprint density at radius 3 is 2.76 bits per heavy atom. The molecule has 1 fully saturated rings. The molecule has 2 rings (SSSR count). The zero-order valence-corrected chi connectivity index (χ0v) is 11.1. The first-order valence-corrected chi connectivity index (χ1v) is 6.74. The van der Waals surface area contributed by atoms with E-state index >= 15 is 0 Å². The van der Waals surface area contributed by atoms with E-state index in [1.54, 1.807) is 12.3 Å². The fourth-order valence-electron chi connectivity index (χ4n) is 2.52. The lowest BCUT2D eigenvalue weighted by atomic mass is 9.92. The smallest absolute Gasteiger partial charge is 0.147 e. The van der Waals surface area contributed by atoms with Crippen molar-refractivity contribution in [2.45, 2.75) is 32.6 Å². The van der Waals surface area contributed by atoms with Crippen LogP contribution in [0, 0.1) is 5.92 Å². The number of hydrogen-bond donors (Lipinski definition) is 1. The Morgan fingerprint density at radius 2 is 2.18 bits per heavy atom. The van der Waals surface area contributed by atoms with Crippen LogP contribution in [-0.4, -0.2) is 18.1 Å². The molecule has 0 radical (unpaired) electrons. The summed E-state index contributed by atoms with van der Waals surface area (Å²) in [5.41, 5.74) is 6.28. The predicted molar refractivity (Wildman–Crippen MR) is 73.5 cm³/mol. The number of rotatable bonds is 3. The van der Waals surface area contributed by atoms with Crippen LogP contribution >= 0.6 is 11.6 Å². The molecule has 1 aliphatic heterocycles. The van der Waals surface area contributed by atoms with Gasteiger partial charge >= 0.3 is 0 Å². The van der Waals surface area contributed by atoms with Crippen LogP contribution in [0.15, 0.2) is 12.3 Å². The topological polar surface area (TPSA) is 42.2 Å². The summed E-state index contributed by atoms with van der Waals surface area (Å²) in [5, 5.41) is 0.666. The number of anilines is 2. The number of aromatic nitrogens is 1. The lowest BCUT2D eigenvalue weighted by molar-refractivity contribution is 0.377. The third-order valence-electron chi connectivity index (χ3n) is 3.45. The van der Waals surface area contributed by atoms with Gasteiger partial charge in [-0.2, -0.15) is 0 Å². The van der Waals surface area contributed by atoms with Crippen molar-refractivity contribution in [1.29, 1.82) is 0 Å². The second-order valence-corrected chi connectivity index (χ2v) is 5.20. The zero-order chi connectivity index (χ0) is 12.3. The highest BCUT2D eigenvalue weighted by molar-refractivity contribution is 6.33. The normalized spacial score (nSPS) is 17.4. The van der Waals surface area contributed by atoms with Gasteiger partial charge in [-0.05, 0) is 24.8 Å². The van der Waals surface area contributed by atoms with E-state index in [1.807, 2.05) is 0 Å². The SMILES string of the molecule is CCCC1CCN(c2ncc(N)cc2Cl)CC1. The van der Waals surface area contributed by atoms with Crippen molar-refractivity contribution in [3.05, 3.63) is 17.3 Å². The molecule has 0 atom stereocenters. The van der Waals surface area contributed by atoms with Gasteiger partial charge in [0.05, 0.1) is 16.9 Å². The molecule has 0 amide bonds. The Morgan fingerprint density at radius 1 is 1.47 bits per heavy atom. The number of nitrogen functional groups attached to an aromatic ring is 1. The van der Waals surface area contributed by atoms with Gasteiger partial charge in [0.1, 0.15) is 5.82 Å². The maximum absolute atomic E-state index is 6.18. The molecule has 0 unspecified atom stereocenters. The highest BCUT2D eigenvalue weighted by Crippen LogP contribution is 2.30. The number of pyridine rings is 1. The number of nitrogens with two attached hydrogens (primary N) is 1. The minimum Gasteiger partial charge on any atom is -0.397 e. The molecule has 1 saturated heterocycles. The fraction of sp³-hybridized carbons (Fsp3) is 0.615. The molecule has 94 valence electrons. The summed E-state index contributed by atoms with van der Waals surface area (Å²) in [6.07, 6.45) is 6.80. The summed E-state index contributed by atoms with van der Waals surface area (Å²) in [5.74, 6) is 1.76. The molecule has 0 aromatic carbocycles. The van der Waals surface area contributed by atoms with Crippen LogP contribution in [0.1, 0.15) is 32.6 Å². The van der Waals surface area contributed by atoms with E-state index in [-0.39, 0.29) is 0 Å². The van der Waals surface area contributed by atoms with Gasteiger partial charge in [0.25, 0.3) is 0 Å². The largest absolute Gasteiger partial charge is 0.397 e. The van der Waals surface area contributed by atoms with Crippen molar-refractivity contribution in [2.24, 2.45) is 5.92 Å². The number of hydrogen-bond acceptors (Lipinski definition) is 3. The van der Waals surface area contributed by atoms with Crippen LogP contribution in [0.25, 0.3) is 0 Å². The van der Waals surface area contributed by atoms with Crippen LogP contribution < -0.4 is 10.6 Å². The highest BCUT2D eigenvalue weighted by atomic mass is 35.5. The molecule has 0 aliphatic carbocycles. The average Bonchev–Trinajstić information content (AvgIpc) is 2.31. The Kier molecular flexibility index (Phi) is 4.11. The van der Waals surface area contributed by atoms with Crippen LogP contribution in [0.3, 0.4) is 0 Å². The monoisotopic (exact) mass is 253 g/mol. The zero-order valence-electron chi connectivity index (χ0n) is 10.3. The minimum absolute atomic E-state index is 0.625. The molecule has 1 aromatic rings. The van der Waals surface area contributed by atoms with Gasteiger partial charge in [0, 0.05) is 13.1 Å². The second-order valence-electron chi connectivity index (χ2n) is 4.79. The van der Waals surface area contributed by atoms with Crippen LogP contribution in [0.5, 0.6) is 0 Å². The fourth-order valence-corrected chi connectivity index (χ4v) is 2.81. The average molecular weight is 254 g/mol. The minimum atomic E-state index is 0.625. The molecular formula is C13H20ClN3. The summed E-state index contributed by atoms with van der Waals surface area (Å²) in [7, 11) is 0. The standard InChI is InChI=1S/C13H20ClN3/c1-2-3-10-4-6-17(7-5-10)13-12(14)8-11(15)9-16-13/h8-10H,2-7,15H2,1H3. The van der Waals surface area contributed by atoms with Crippen molar-refractivity contribution in [3.63, 3.8) is 0 Å². The highest BCUT2D eigenvalue weighted by Gasteiger charge is 2.20. The maximum atomic E-state index is 6.18. The molecule has 2 heterocycles. The number of halogens is 1. The van der Waals surface area contributed by atoms with E-state index in [9.17, 15) is 0 Å². The number of nitrogens with zero attached hydrogens (tertiary/aromatic N) is 2.